The van der Waals surface area contributed by atoms with Gasteiger partial charge in [0.05, 0.1) is 0 Å². The third-order valence-corrected chi connectivity index (χ3v) is 2.93. The van der Waals surface area contributed by atoms with Crippen LogP contribution in [0.4, 0.5) is 0 Å². The van der Waals surface area contributed by atoms with Gasteiger partial charge in [0.1, 0.15) is 5.69 Å². The first-order chi connectivity index (χ1) is 9.66. The van der Waals surface area contributed by atoms with Gasteiger partial charge in [0.25, 0.3) is 5.91 Å². The molecule has 0 aromatic carbocycles. The van der Waals surface area contributed by atoms with Crippen molar-refractivity contribution in [2.24, 2.45) is 0 Å². The number of carbonyl (C=O) groups excluding carboxylic acids is 1. The maximum Gasteiger partial charge on any atom is 0.272 e. The second kappa shape index (κ2) is 6.81. The average Bonchev–Trinajstić information content (AvgIpc) is 2.97. The molecule has 0 aliphatic rings. The number of hydrogen-bond donors (Lipinski definition) is 1. The summed E-state index contributed by atoms with van der Waals surface area (Å²) in [6, 6.07) is 5.53. The Morgan fingerprint density at radius 2 is 2.10 bits per heavy atom. The van der Waals surface area contributed by atoms with Gasteiger partial charge in [-0.3, -0.25) is 14.9 Å². The van der Waals surface area contributed by atoms with Crippen LogP contribution in [0.1, 0.15) is 16.1 Å². The minimum absolute atomic E-state index is 0.0480. The van der Waals surface area contributed by atoms with Crippen LogP contribution in [-0.4, -0.2) is 58.1 Å². The summed E-state index contributed by atoms with van der Waals surface area (Å²) in [5, 5.41) is 6.55. The fraction of sp³-hybridized carbons (Fsp3) is 0.357. The highest BCUT2D eigenvalue weighted by atomic mass is 16.2. The van der Waals surface area contributed by atoms with Crippen LogP contribution >= 0.6 is 0 Å². The van der Waals surface area contributed by atoms with Gasteiger partial charge < -0.3 is 9.80 Å². The zero-order chi connectivity index (χ0) is 14.4. The molecule has 0 saturated carbocycles. The number of nitrogens with one attached hydrogen (secondary N) is 1. The summed E-state index contributed by atoms with van der Waals surface area (Å²) in [4.78, 5) is 20.4. The first-order valence-corrected chi connectivity index (χ1v) is 6.49. The van der Waals surface area contributed by atoms with E-state index in [-0.39, 0.29) is 5.91 Å². The fourth-order valence-electron chi connectivity index (χ4n) is 1.83. The summed E-state index contributed by atoms with van der Waals surface area (Å²) in [6.07, 6.45) is 5.09. The molecule has 1 N–H and O–H groups in total. The van der Waals surface area contributed by atoms with E-state index in [0.717, 1.165) is 12.1 Å². The molecular weight excluding hydrogens is 254 g/mol. The van der Waals surface area contributed by atoms with Crippen molar-refractivity contribution in [1.29, 1.82) is 0 Å². The van der Waals surface area contributed by atoms with Crippen LogP contribution in [0.25, 0.3) is 0 Å². The molecule has 106 valence electrons. The summed E-state index contributed by atoms with van der Waals surface area (Å²) >= 11 is 0. The Morgan fingerprint density at radius 1 is 1.25 bits per heavy atom. The third-order valence-electron chi connectivity index (χ3n) is 2.93. The number of H-pyrrole nitrogens is 1. The van der Waals surface area contributed by atoms with Gasteiger partial charge in [-0.05, 0) is 31.8 Å². The van der Waals surface area contributed by atoms with E-state index in [0.29, 0.717) is 18.8 Å². The Hall–Kier alpha value is -2.21. The SMILES string of the molecule is CN(C)CCN(Cc1cccnc1)C(=O)c1ccn[nH]1. The monoisotopic (exact) mass is 273 g/mol. The largest absolute Gasteiger partial charge is 0.332 e. The lowest BCUT2D eigenvalue weighted by atomic mass is 10.2. The Balaban J connectivity index is 2.10. The van der Waals surface area contributed by atoms with Gasteiger partial charge in [-0.1, -0.05) is 6.07 Å². The molecule has 0 atom stereocenters. The Bertz CT molecular complexity index is 524. The number of rotatable bonds is 6. The minimum Gasteiger partial charge on any atom is -0.332 e. The topological polar surface area (TPSA) is 65.1 Å². The zero-order valence-corrected chi connectivity index (χ0v) is 11.8. The van der Waals surface area contributed by atoms with E-state index in [1.165, 1.54) is 0 Å². The number of nitrogens with zero attached hydrogens (tertiary/aromatic N) is 4. The van der Waals surface area contributed by atoms with Crippen LogP contribution in [0.5, 0.6) is 0 Å². The van der Waals surface area contributed by atoms with Gasteiger partial charge in [0.15, 0.2) is 0 Å². The molecule has 0 unspecified atom stereocenters. The molecule has 2 aromatic heterocycles. The number of hydrogen-bond acceptors (Lipinski definition) is 4. The number of aromatic nitrogens is 3. The standard InChI is InChI=1S/C14H19N5O/c1-18(2)8-9-19(11-12-4-3-6-15-10-12)14(20)13-5-7-16-17-13/h3-7,10H,8-9,11H2,1-2H3,(H,16,17). The van der Waals surface area contributed by atoms with Gasteiger partial charge in [-0.2, -0.15) is 5.10 Å². The Labute approximate surface area is 118 Å². The first kappa shape index (κ1) is 14.2. The second-order valence-corrected chi connectivity index (χ2v) is 4.86. The summed E-state index contributed by atoms with van der Waals surface area (Å²) < 4.78 is 0. The number of likely N-dealkylation sites (N-methyl/N-ethyl adjacent to an activating group) is 1. The molecule has 6 nitrogen and oxygen atoms in total. The van der Waals surface area contributed by atoms with Crippen molar-refractivity contribution in [3.8, 4) is 0 Å². The molecule has 6 heteroatoms. The maximum absolute atomic E-state index is 12.4. The molecule has 2 aromatic rings. The third kappa shape index (κ3) is 3.89. The molecule has 0 radical (unpaired) electrons. The van der Waals surface area contributed by atoms with Crippen molar-refractivity contribution >= 4 is 5.91 Å². The highest BCUT2D eigenvalue weighted by Crippen LogP contribution is 2.07. The summed E-state index contributed by atoms with van der Waals surface area (Å²) in [6.45, 7) is 2.00. The maximum atomic E-state index is 12.4. The zero-order valence-electron chi connectivity index (χ0n) is 11.8. The second-order valence-electron chi connectivity index (χ2n) is 4.86. The van der Waals surface area contributed by atoms with Gasteiger partial charge in [-0.15, -0.1) is 0 Å². The predicted octanol–water partition coefficient (Wildman–Crippen LogP) is 1.01. The van der Waals surface area contributed by atoms with Crippen molar-refractivity contribution in [2.45, 2.75) is 6.54 Å². The van der Waals surface area contributed by atoms with Gasteiger partial charge in [0, 0.05) is 38.2 Å². The quantitative estimate of drug-likeness (QED) is 0.853. The van der Waals surface area contributed by atoms with Crippen molar-refractivity contribution in [1.82, 2.24) is 25.0 Å². The van der Waals surface area contributed by atoms with Gasteiger partial charge in [-0.25, -0.2) is 0 Å². The smallest absolute Gasteiger partial charge is 0.272 e. The lowest BCUT2D eigenvalue weighted by Crippen LogP contribution is -2.36. The molecule has 0 aliphatic heterocycles. The van der Waals surface area contributed by atoms with E-state index < -0.39 is 0 Å². The summed E-state index contributed by atoms with van der Waals surface area (Å²) in [7, 11) is 3.98. The molecule has 2 heterocycles. The molecule has 0 fully saturated rings. The average molecular weight is 273 g/mol. The summed E-state index contributed by atoms with van der Waals surface area (Å²) in [5.74, 6) is -0.0480. The van der Waals surface area contributed by atoms with E-state index in [1.807, 2.05) is 26.2 Å². The van der Waals surface area contributed by atoms with Gasteiger partial charge in [0.2, 0.25) is 0 Å². The van der Waals surface area contributed by atoms with Crippen LogP contribution < -0.4 is 0 Å². The fourth-order valence-corrected chi connectivity index (χ4v) is 1.83. The van der Waals surface area contributed by atoms with Gasteiger partial charge >= 0.3 is 0 Å². The van der Waals surface area contributed by atoms with E-state index >= 15 is 0 Å². The highest BCUT2D eigenvalue weighted by molar-refractivity contribution is 5.92. The molecule has 0 aliphatic carbocycles. The normalized spacial score (nSPS) is 10.8. The number of carbonyl (C=O) groups is 1. The Morgan fingerprint density at radius 3 is 2.70 bits per heavy atom. The molecule has 0 saturated heterocycles. The molecule has 0 bridgehead atoms. The number of pyridine rings is 1. The van der Waals surface area contributed by atoms with Crippen LogP contribution in [0, 0.1) is 0 Å². The van der Waals surface area contributed by atoms with Crippen LogP contribution in [0.2, 0.25) is 0 Å². The lowest BCUT2D eigenvalue weighted by Gasteiger charge is -2.23. The van der Waals surface area contributed by atoms with E-state index in [4.69, 9.17) is 0 Å². The molecule has 2 rings (SSSR count). The first-order valence-electron chi connectivity index (χ1n) is 6.49. The van der Waals surface area contributed by atoms with Crippen molar-refractivity contribution < 1.29 is 4.79 Å². The van der Waals surface area contributed by atoms with E-state index in [2.05, 4.69) is 20.1 Å². The minimum atomic E-state index is -0.0480. The van der Waals surface area contributed by atoms with Crippen LogP contribution in [-0.2, 0) is 6.54 Å². The highest BCUT2D eigenvalue weighted by Gasteiger charge is 2.17. The lowest BCUT2D eigenvalue weighted by molar-refractivity contribution is 0.0726. The molecular formula is C14H19N5O. The number of aromatic amines is 1. The summed E-state index contributed by atoms with van der Waals surface area (Å²) in [5.41, 5.74) is 1.52. The van der Waals surface area contributed by atoms with Crippen molar-refractivity contribution in [2.75, 3.05) is 27.2 Å². The Kier molecular flexibility index (Phi) is 4.84. The van der Waals surface area contributed by atoms with Crippen molar-refractivity contribution in [3.63, 3.8) is 0 Å². The van der Waals surface area contributed by atoms with Crippen LogP contribution in [0.3, 0.4) is 0 Å². The number of amides is 1. The molecule has 0 spiro atoms. The molecule has 20 heavy (non-hydrogen) atoms. The van der Waals surface area contributed by atoms with Crippen molar-refractivity contribution in [3.05, 3.63) is 48.0 Å². The van der Waals surface area contributed by atoms with Crippen LogP contribution in [0.15, 0.2) is 36.8 Å². The van der Waals surface area contributed by atoms with E-state index in [9.17, 15) is 4.79 Å². The predicted molar refractivity (Wildman–Crippen MR) is 76.1 cm³/mol. The van der Waals surface area contributed by atoms with E-state index in [1.54, 1.807) is 29.6 Å². The molecule has 1 amide bonds.